The van der Waals surface area contributed by atoms with E-state index in [1.165, 1.54) is 12.5 Å². The molecule has 1 aliphatic heterocycles. The number of anilines is 1. The molecule has 4 aromatic rings. The minimum absolute atomic E-state index is 0.0473. The van der Waals surface area contributed by atoms with Crippen LogP contribution in [0, 0.1) is 23.1 Å². The Morgan fingerprint density at radius 1 is 1.06 bits per heavy atom. The summed E-state index contributed by atoms with van der Waals surface area (Å²) in [6, 6.07) is 14.9. The smallest absolute Gasteiger partial charge is 0.141 e. The lowest BCUT2D eigenvalue weighted by atomic mass is 9.93. The largest absolute Gasteiger partial charge is 0.357 e. The molecule has 33 heavy (non-hydrogen) atoms. The molecule has 0 bridgehead atoms. The topological polar surface area (TPSA) is 57.7 Å². The summed E-state index contributed by atoms with van der Waals surface area (Å²) < 4.78 is 16.4. The fourth-order valence-corrected chi connectivity index (χ4v) is 4.74. The fourth-order valence-electron chi connectivity index (χ4n) is 4.74. The molecular weight excluding hydrogens is 413 g/mol. The van der Waals surface area contributed by atoms with E-state index in [4.69, 9.17) is 10.2 Å². The highest BCUT2D eigenvalue weighted by atomic mass is 19.1. The summed E-state index contributed by atoms with van der Waals surface area (Å²) in [6.07, 6.45) is 7.41. The predicted molar refractivity (Wildman–Crippen MR) is 129 cm³/mol. The number of pyridine rings is 1. The zero-order valence-corrected chi connectivity index (χ0v) is 18.9. The van der Waals surface area contributed by atoms with Crippen LogP contribution in [-0.2, 0) is 7.05 Å². The van der Waals surface area contributed by atoms with Crippen LogP contribution in [0.25, 0.3) is 33.2 Å². The summed E-state index contributed by atoms with van der Waals surface area (Å²) in [7, 11) is 1.91. The number of piperidine rings is 1. The van der Waals surface area contributed by atoms with Gasteiger partial charge in [-0.3, -0.25) is 4.68 Å². The number of nitrogens with zero attached hydrogens (tertiary/aromatic N) is 5. The van der Waals surface area contributed by atoms with Crippen molar-refractivity contribution in [2.45, 2.75) is 26.2 Å². The van der Waals surface area contributed by atoms with Crippen LogP contribution in [0.1, 0.15) is 31.7 Å². The second-order valence-electron chi connectivity index (χ2n) is 8.81. The van der Waals surface area contributed by atoms with Crippen LogP contribution in [0.4, 0.5) is 10.2 Å². The van der Waals surface area contributed by atoms with Crippen LogP contribution >= 0.6 is 0 Å². The minimum Gasteiger partial charge on any atom is -0.357 e. The lowest BCUT2D eigenvalue weighted by Crippen LogP contribution is -2.34. The van der Waals surface area contributed by atoms with Gasteiger partial charge in [-0.2, -0.15) is 10.4 Å². The van der Waals surface area contributed by atoms with Crippen molar-refractivity contribution in [2.75, 3.05) is 18.0 Å². The maximum absolute atomic E-state index is 14.6. The third kappa shape index (κ3) is 4.07. The second kappa shape index (κ2) is 8.67. The van der Waals surface area contributed by atoms with Crippen LogP contribution in [0.3, 0.4) is 0 Å². The molecule has 0 saturated carbocycles. The van der Waals surface area contributed by atoms with Gasteiger partial charge in [-0.15, -0.1) is 0 Å². The number of benzene rings is 2. The highest BCUT2D eigenvalue weighted by Gasteiger charge is 2.21. The van der Waals surface area contributed by atoms with Crippen molar-refractivity contribution < 1.29 is 4.39 Å². The van der Waals surface area contributed by atoms with E-state index in [0.717, 1.165) is 70.8 Å². The average Bonchev–Trinajstić information content (AvgIpc) is 3.23. The SMILES string of the molecule is CCC1CCN(c2cc(-c3ccc(C#N)c(F)c3)c(-c3ccc4cn(C)nc4c3)cn2)CC1. The standard InChI is InChI=1S/C27H26FN5/c1-3-18-8-10-33(11-9-18)27-14-23(19-4-6-21(15-29)25(28)12-19)24(16-30-27)20-5-7-22-17-32(2)31-26(22)13-20/h4-7,12-14,16-18H,3,8-11H2,1-2H3. The van der Waals surface area contributed by atoms with Gasteiger partial charge in [-0.25, -0.2) is 9.37 Å². The highest BCUT2D eigenvalue weighted by molar-refractivity contribution is 5.90. The zero-order chi connectivity index (χ0) is 22.9. The van der Waals surface area contributed by atoms with Crippen molar-refractivity contribution in [1.82, 2.24) is 14.8 Å². The maximum atomic E-state index is 14.6. The molecule has 0 amide bonds. The van der Waals surface area contributed by atoms with Gasteiger partial charge in [0, 0.05) is 43.5 Å². The van der Waals surface area contributed by atoms with Gasteiger partial charge in [0.15, 0.2) is 0 Å². The van der Waals surface area contributed by atoms with Crippen molar-refractivity contribution in [1.29, 1.82) is 5.26 Å². The number of halogens is 1. The van der Waals surface area contributed by atoms with Gasteiger partial charge in [-0.1, -0.05) is 31.5 Å². The van der Waals surface area contributed by atoms with E-state index in [0.29, 0.717) is 0 Å². The molecule has 0 unspecified atom stereocenters. The number of rotatable bonds is 4. The lowest BCUT2D eigenvalue weighted by molar-refractivity contribution is 0.394. The van der Waals surface area contributed by atoms with Gasteiger partial charge < -0.3 is 4.90 Å². The van der Waals surface area contributed by atoms with Crippen molar-refractivity contribution in [3.05, 3.63) is 66.2 Å². The molecule has 2 aromatic carbocycles. The first-order valence-corrected chi connectivity index (χ1v) is 11.4. The van der Waals surface area contributed by atoms with Crippen molar-refractivity contribution >= 4 is 16.7 Å². The zero-order valence-electron chi connectivity index (χ0n) is 18.9. The predicted octanol–water partition coefficient (Wildman–Crippen LogP) is 5.94. The van der Waals surface area contributed by atoms with E-state index in [-0.39, 0.29) is 5.56 Å². The van der Waals surface area contributed by atoms with Crippen molar-refractivity contribution in [3.63, 3.8) is 0 Å². The van der Waals surface area contributed by atoms with E-state index in [9.17, 15) is 4.39 Å². The molecular formula is C27H26FN5. The summed E-state index contributed by atoms with van der Waals surface area (Å²) in [4.78, 5) is 7.13. The van der Waals surface area contributed by atoms with Crippen LogP contribution in [0.5, 0.6) is 0 Å². The van der Waals surface area contributed by atoms with Gasteiger partial charge in [0.05, 0.1) is 11.1 Å². The third-order valence-electron chi connectivity index (χ3n) is 6.74. The van der Waals surface area contributed by atoms with Crippen LogP contribution in [0.2, 0.25) is 0 Å². The lowest BCUT2D eigenvalue weighted by Gasteiger charge is -2.32. The number of hydrogen-bond donors (Lipinski definition) is 0. The van der Waals surface area contributed by atoms with Crippen LogP contribution in [-0.4, -0.2) is 27.9 Å². The Hall–Kier alpha value is -3.72. The summed E-state index contributed by atoms with van der Waals surface area (Å²) >= 11 is 0. The van der Waals surface area contributed by atoms with Crippen molar-refractivity contribution in [2.24, 2.45) is 13.0 Å². The molecule has 5 nitrogen and oxygen atoms in total. The molecule has 0 spiro atoms. The number of hydrogen-bond acceptors (Lipinski definition) is 4. The minimum atomic E-state index is -0.511. The number of nitriles is 1. The Bertz CT molecular complexity index is 1360. The van der Waals surface area contributed by atoms with Gasteiger partial charge in [0.1, 0.15) is 17.7 Å². The quantitative estimate of drug-likeness (QED) is 0.395. The van der Waals surface area contributed by atoms with E-state index in [1.807, 2.05) is 43.7 Å². The first kappa shape index (κ1) is 21.1. The fraction of sp³-hybridized carbons (Fsp3) is 0.296. The molecule has 0 aliphatic carbocycles. The van der Waals surface area contributed by atoms with E-state index in [1.54, 1.807) is 10.7 Å². The van der Waals surface area contributed by atoms with Gasteiger partial charge in [0.25, 0.3) is 0 Å². The molecule has 1 aliphatic rings. The van der Waals surface area contributed by atoms with Crippen LogP contribution in [0.15, 0.2) is 54.9 Å². The molecule has 0 N–H and O–H groups in total. The third-order valence-corrected chi connectivity index (χ3v) is 6.74. The summed E-state index contributed by atoms with van der Waals surface area (Å²) in [6.45, 7) is 4.21. The van der Waals surface area contributed by atoms with Crippen molar-refractivity contribution in [3.8, 4) is 28.3 Å². The van der Waals surface area contributed by atoms with Crippen LogP contribution < -0.4 is 4.90 Å². The maximum Gasteiger partial charge on any atom is 0.141 e. The number of fused-ring (bicyclic) bond motifs is 1. The molecule has 5 rings (SSSR count). The Morgan fingerprint density at radius 3 is 2.55 bits per heavy atom. The Kier molecular flexibility index (Phi) is 5.55. The van der Waals surface area contributed by atoms with E-state index < -0.39 is 5.82 Å². The van der Waals surface area contributed by atoms with E-state index in [2.05, 4.69) is 29.1 Å². The van der Waals surface area contributed by atoms with Gasteiger partial charge in [0.2, 0.25) is 0 Å². The first-order valence-electron chi connectivity index (χ1n) is 11.4. The molecule has 0 atom stereocenters. The molecule has 166 valence electrons. The highest BCUT2D eigenvalue weighted by Crippen LogP contribution is 2.36. The molecule has 0 radical (unpaired) electrons. The molecule has 2 aromatic heterocycles. The molecule has 1 fully saturated rings. The first-order chi connectivity index (χ1) is 16.1. The summed E-state index contributed by atoms with van der Waals surface area (Å²) in [5, 5.41) is 14.8. The monoisotopic (exact) mass is 439 g/mol. The number of aryl methyl sites for hydroxylation is 1. The Balaban J connectivity index is 1.61. The summed E-state index contributed by atoms with van der Waals surface area (Å²) in [5.74, 6) is 1.17. The molecule has 3 heterocycles. The normalized spacial score (nSPS) is 14.5. The molecule has 1 saturated heterocycles. The Morgan fingerprint density at radius 2 is 1.82 bits per heavy atom. The number of aromatic nitrogens is 3. The van der Waals surface area contributed by atoms with E-state index >= 15 is 0 Å². The average molecular weight is 440 g/mol. The Labute approximate surface area is 193 Å². The molecule has 6 heteroatoms. The second-order valence-corrected chi connectivity index (χ2v) is 8.81. The van der Waals surface area contributed by atoms with Gasteiger partial charge in [-0.05, 0) is 59.7 Å². The van der Waals surface area contributed by atoms with Gasteiger partial charge >= 0.3 is 0 Å². The summed E-state index contributed by atoms with van der Waals surface area (Å²) in [5.41, 5.74) is 4.47.